The fourth-order valence-electron chi connectivity index (χ4n) is 3.45. The zero-order valence-corrected chi connectivity index (χ0v) is 16.7. The van der Waals surface area contributed by atoms with Gasteiger partial charge in [-0.3, -0.25) is 9.48 Å². The molecule has 2 aromatic heterocycles. The molecule has 2 N–H and O–H groups in total. The van der Waals surface area contributed by atoms with Crippen LogP contribution in [0.5, 0.6) is 0 Å². The minimum atomic E-state index is -0.966. The van der Waals surface area contributed by atoms with Crippen LogP contribution in [-0.4, -0.2) is 55.2 Å². The van der Waals surface area contributed by atoms with E-state index in [1.807, 2.05) is 24.9 Å². The zero-order chi connectivity index (χ0) is 21.3. The number of aromatic nitrogens is 4. The summed E-state index contributed by atoms with van der Waals surface area (Å²) < 4.78 is 1.81. The summed E-state index contributed by atoms with van der Waals surface area (Å²) in [6.07, 6.45) is 6.56. The molecule has 1 saturated heterocycles. The van der Waals surface area contributed by atoms with Gasteiger partial charge in [-0.1, -0.05) is 12.1 Å². The molecule has 0 radical (unpaired) electrons. The monoisotopic (exact) mass is 406 g/mol. The van der Waals surface area contributed by atoms with Gasteiger partial charge in [0.05, 0.1) is 29.2 Å². The number of aromatic carboxylic acids is 1. The summed E-state index contributed by atoms with van der Waals surface area (Å²) in [5.41, 5.74) is 3.37. The first kappa shape index (κ1) is 19.6. The summed E-state index contributed by atoms with van der Waals surface area (Å²) in [6.45, 7) is 2.62. The van der Waals surface area contributed by atoms with E-state index in [-0.39, 0.29) is 17.5 Å². The Morgan fingerprint density at radius 3 is 2.70 bits per heavy atom. The van der Waals surface area contributed by atoms with Crippen molar-refractivity contribution < 1.29 is 14.7 Å². The number of amides is 1. The number of piperidine rings is 1. The number of nitrogens with zero attached hydrogens (tertiary/aromatic N) is 5. The lowest BCUT2D eigenvalue weighted by Crippen LogP contribution is -2.36. The van der Waals surface area contributed by atoms with E-state index >= 15 is 0 Å². The molecule has 1 aliphatic heterocycles. The van der Waals surface area contributed by atoms with Gasteiger partial charge in [0, 0.05) is 38.0 Å². The number of likely N-dealkylation sites (tertiary alicyclic amines) is 1. The van der Waals surface area contributed by atoms with Gasteiger partial charge in [-0.05, 0) is 31.0 Å². The minimum Gasteiger partial charge on any atom is -0.478 e. The van der Waals surface area contributed by atoms with Crippen LogP contribution in [0.25, 0.3) is 11.3 Å². The number of anilines is 2. The molecule has 30 heavy (non-hydrogen) atoms. The van der Waals surface area contributed by atoms with E-state index in [0.29, 0.717) is 12.4 Å². The average Bonchev–Trinajstić information content (AvgIpc) is 3.20. The second-order valence-electron chi connectivity index (χ2n) is 7.40. The standard InChI is InChI=1S/C21H22N6O3/c1-13-10-22-21(25-19(13)14-3-5-15(6-4-14)20(29)30)24-16-11-23-27(12-16)17-7-8-26(2)18(28)9-17/h3-6,10-12,17H,7-9H2,1-2H3,(H,29,30)(H,22,24,25). The van der Waals surface area contributed by atoms with E-state index in [9.17, 15) is 9.59 Å². The number of rotatable bonds is 5. The van der Waals surface area contributed by atoms with Gasteiger partial charge in [0.15, 0.2) is 0 Å². The number of carbonyl (C=O) groups is 2. The fraction of sp³-hybridized carbons (Fsp3) is 0.286. The second kappa shape index (κ2) is 7.94. The largest absolute Gasteiger partial charge is 0.478 e. The Hall–Kier alpha value is -3.75. The number of carboxylic acids is 1. The van der Waals surface area contributed by atoms with Gasteiger partial charge in [-0.25, -0.2) is 14.8 Å². The molecule has 3 heterocycles. The van der Waals surface area contributed by atoms with E-state index in [0.717, 1.165) is 35.5 Å². The molecular weight excluding hydrogens is 384 g/mol. The van der Waals surface area contributed by atoms with Crippen molar-refractivity contribution in [3.63, 3.8) is 0 Å². The zero-order valence-electron chi connectivity index (χ0n) is 16.7. The number of nitrogens with one attached hydrogen (secondary N) is 1. The molecule has 9 nitrogen and oxygen atoms in total. The van der Waals surface area contributed by atoms with Crippen molar-refractivity contribution in [1.82, 2.24) is 24.6 Å². The summed E-state index contributed by atoms with van der Waals surface area (Å²) in [6, 6.07) is 6.62. The SMILES string of the molecule is Cc1cnc(Nc2cnn(C3CCN(C)C(=O)C3)c2)nc1-c1ccc(C(=O)O)cc1. The van der Waals surface area contributed by atoms with Crippen LogP contribution in [-0.2, 0) is 4.79 Å². The van der Waals surface area contributed by atoms with Crippen molar-refractivity contribution in [2.75, 3.05) is 18.9 Å². The second-order valence-corrected chi connectivity index (χ2v) is 7.40. The smallest absolute Gasteiger partial charge is 0.335 e. The van der Waals surface area contributed by atoms with Crippen LogP contribution in [0.1, 0.15) is 34.8 Å². The molecule has 4 rings (SSSR count). The van der Waals surface area contributed by atoms with Crippen molar-refractivity contribution >= 4 is 23.5 Å². The van der Waals surface area contributed by atoms with E-state index in [1.165, 1.54) is 0 Å². The number of hydrogen-bond donors (Lipinski definition) is 2. The lowest BCUT2D eigenvalue weighted by atomic mass is 10.1. The molecule has 0 saturated carbocycles. The Morgan fingerprint density at radius 2 is 2.00 bits per heavy atom. The van der Waals surface area contributed by atoms with Crippen LogP contribution in [0.3, 0.4) is 0 Å². The molecular formula is C21H22N6O3. The van der Waals surface area contributed by atoms with Crippen molar-refractivity contribution in [3.05, 3.63) is 54.0 Å². The van der Waals surface area contributed by atoms with Crippen LogP contribution in [0.2, 0.25) is 0 Å². The van der Waals surface area contributed by atoms with Gasteiger partial charge in [-0.2, -0.15) is 5.10 Å². The topological polar surface area (TPSA) is 113 Å². The predicted molar refractivity (Wildman–Crippen MR) is 111 cm³/mol. The Kier molecular flexibility index (Phi) is 5.18. The van der Waals surface area contributed by atoms with Crippen LogP contribution < -0.4 is 5.32 Å². The first-order chi connectivity index (χ1) is 14.4. The average molecular weight is 406 g/mol. The molecule has 1 aliphatic rings. The predicted octanol–water partition coefficient (Wildman–Crippen LogP) is 2.88. The molecule has 1 atom stereocenters. The van der Waals surface area contributed by atoms with Gasteiger partial charge < -0.3 is 15.3 Å². The van der Waals surface area contributed by atoms with E-state index in [4.69, 9.17) is 5.11 Å². The number of benzene rings is 1. The van der Waals surface area contributed by atoms with Gasteiger partial charge in [0.1, 0.15) is 0 Å². The summed E-state index contributed by atoms with van der Waals surface area (Å²) in [5, 5.41) is 16.6. The third kappa shape index (κ3) is 4.00. The van der Waals surface area contributed by atoms with Crippen LogP contribution in [0.4, 0.5) is 11.6 Å². The molecule has 1 aromatic carbocycles. The third-order valence-electron chi connectivity index (χ3n) is 5.24. The van der Waals surface area contributed by atoms with E-state index < -0.39 is 5.97 Å². The van der Waals surface area contributed by atoms with Crippen LogP contribution >= 0.6 is 0 Å². The Morgan fingerprint density at radius 1 is 1.23 bits per heavy atom. The van der Waals surface area contributed by atoms with Crippen molar-refractivity contribution in [1.29, 1.82) is 0 Å². The number of hydrogen-bond acceptors (Lipinski definition) is 6. The minimum absolute atomic E-state index is 0.0477. The van der Waals surface area contributed by atoms with E-state index in [1.54, 1.807) is 41.6 Å². The highest BCUT2D eigenvalue weighted by Gasteiger charge is 2.25. The molecule has 1 unspecified atom stereocenters. The highest BCUT2D eigenvalue weighted by molar-refractivity contribution is 5.88. The molecule has 154 valence electrons. The van der Waals surface area contributed by atoms with Crippen molar-refractivity contribution in [2.24, 2.45) is 0 Å². The van der Waals surface area contributed by atoms with Crippen molar-refractivity contribution in [3.8, 4) is 11.3 Å². The number of aryl methyl sites for hydroxylation is 1. The number of carboxylic acid groups (broad SMARTS) is 1. The van der Waals surface area contributed by atoms with Gasteiger partial charge >= 0.3 is 5.97 Å². The lowest BCUT2D eigenvalue weighted by molar-refractivity contribution is -0.133. The maximum Gasteiger partial charge on any atom is 0.335 e. The summed E-state index contributed by atoms with van der Waals surface area (Å²) in [7, 11) is 1.82. The molecule has 0 bridgehead atoms. The number of carbonyl (C=O) groups excluding carboxylic acids is 1. The quantitative estimate of drug-likeness (QED) is 0.670. The third-order valence-corrected chi connectivity index (χ3v) is 5.24. The highest BCUT2D eigenvalue weighted by Crippen LogP contribution is 2.26. The van der Waals surface area contributed by atoms with Gasteiger partial charge in [0.25, 0.3) is 0 Å². The summed E-state index contributed by atoms with van der Waals surface area (Å²) in [5.74, 6) is -0.430. The molecule has 1 fully saturated rings. The van der Waals surface area contributed by atoms with Gasteiger partial charge in [-0.15, -0.1) is 0 Å². The molecule has 1 amide bonds. The molecule has 9 heteroatoms. The molecule has 3 aromatic rings. The highest BCUT2D eigenvalue weighted by atomic mass is 16.4. The van der Waals surface area contributed by atoms with E-state index in [2.05, 4.69) is 20.4 Å². The Balaban J connectivity index is 1.52. The Bertz CT molecular complexity index is 1090. The first-order valence-electron chi connectivity index (χ1n) is 9.63. The molecule has 0 spiro atoms. The van der Waals surface area contributed by atoms with Crippen LogP contribution in [0.15, 0.2) is 42.9 Å². The normalized spacial score (nSPS) is 16.5. The van der Waals surface area contributed by atoms with Crippen LogP contribution in [0, 0.1) is 6.92 Å². The summed E-state index contributed by atoms with van der Waals surface area (Å²) in [4.78, 5) is 33.7. The summed E-state index contributed by atoms with van der Waals surface area (Å²) >= 11 is 0. The molecule has 0 aliphatic carbocycles. The van der Waals surface area contributed by atoms with Gasteiger partial charge in [0.2, 0.25) is 11.9 Å². The maximum atomic E-state index is 12.0. The fourth-order valence-corrected chi connectivity index (χ4v) is 3.45. The Labute approximate surface area is 173 Å². The lowest BCUT2D eigenvalue weighted by Gasteiger charge is -2.28. The first-order valence-corrected chi connectivity index (χ1v) is 9.63. The van der Waals surface area contributed by atoms with Crippen molar-refractivity contribution in [2.45, 2.75) is 25.8 Å². The maximum absolute atomic E-state index is 12.0.